The van der Waals surface area contributed by atoms with Crippen molar-refractivity contribution in [2.24, 2.45) is 5.41 Å². The third-order valence-corrected chi connectivity index (χ3v) is 18.6. The first kappa shape index (κ1) is 44.6. The van der Waals surface area contributed by atoms with Gasteiger partial charge in [-0.3, -0.25) is 20.7 Å². The van der Waals surface area contributed by atoms with Crippen LogP contribution in [-0.4, -0.2) is 54.7 Å². The van der Waals surface area contributed by atoms with Crippen molar-refractivity contribution in [3.63, 3.8) is 0 Å². The van der Waals surface area contributed by atoms with Gasteiger partial charge in [0.15, 0.2) is 8.32 Å². The van der Waals surface area contributed by atoms with Gasteiger partial charge in [0.2, 0.25) is 5.96 Å². The minimum atomic E-state index is -2.03. The number of hydrogen-bond acceptors (Lipinski definition) is 6. The number of fused-ring (bicyclic) bond motifs is 1. The van der Waals surface area contributed by atoms with Gasteiger partial charge in [0.25, 0.3) is 0 Å². The summed E-state index contributed by atoms with van der Waals surface area (Å²) in [6.45, 7) is 23.3. The van der Waals surface area contributed by atoms with Crippen LogP contribution in [0.2, 0.25) is 16.6 Å². The predicted octanol–water partition coefficient (Wildman–Crippen LogP) is 10.6. The molecule has 0 radical (unpaired) electrons. The van der Waals surface area contributed by atoms with Crippen LogP contribution < -0.4 is 21.4 Å². The molecule has 1 aromatic heterocycles. The average Bonchev–Trinajstić information content (AvgIpc) is 3.64. The second-order valence-electron chi connectivity index (χ2n) is 18.5. The number of amides is 2. The van der Waals surface area contributed by atoms with E-state index in [1.807, 2.05) is 76.4 Å². The summed E-state index contributed by atoms with van der Waals surface area (Å²) in [4.78, 5) is 15.7. The number of urea groups is 1. The molecule has 0 unspecified atom stereocenters. The largest absolute Gasteiger partial charge is 0.414 e. The lowest BCUT2D eigenvalue weighted by atomic mass is 9.77. The Bertz CT molecular complexity index is 1970. The quantitative estimate of drug-likeness (QED) is 0.0548. The van der Waals surface area contributed by atoms with E-state index in [2.05, 4.69) is 80.6 Å². The van der Waals surface area contributed by atoms with Crippen molar-refractivity contribution >= 4 is 31.7 Å². The molecular formula is C47H70N8O2Si. The number of pyridine rings is 1. The molecule has 1 fully saturated rings. The van der Waals surface area contributed by atoms with Crippen LogP contribution in [0, 0.1) is 28.6 Å². The zero-order valence-electron chi connectivity index (χ0n) is 36.8. The lowest BCUT2D eigenvalue weighted by molar-refractivity contribution is 0.201. The number of aromatic nitrogens is 1. The van der Waals surface area contributed by atoms with Crippen LogP contribution >= 0.6 is 0 Å². The maximum atomic E-state index is 13.6. The monoisotopic (exact) mass is 807 g/mol. The smallest absolute Gasteiger partial charge is 0.320 e. The van der Waals surface area contributed by atoms with Crippen LogP contribution in [0.15, 0.2) is 78.8 Å². The molecule has 2 heterocycles. The SMILES string of the molecule is Cc1ccc(N/C(=C\C(=N)C(C)(C)C)NC(=O)N[C@H]2CC[C@@H](CCc3ccc(=N)n(C(=N)N4CCC[C@H]4CO[Si](C(C)C)(C(C)C)C(C)C)c3)c3ccccc32)cc1. The van der Waals surface area contributed by atoms with Gasteiger partial charge < -0.3 is 25.4 Å². The molecule has 0 bridgehead atoms. The van der Waals surface area contributed by atoms with Crippen LogP contribution in [0.1, 0.15) is 129 Å². The van der Waals surface area contributed by atoms with E-state index in [0.29, 0.717) is 52.1 Å². The van der Waals surface area contributed by atoms with Crippen molar-refractivity contribution < 1.29 is 9.22 Å². The number of hydrogen-bond donors (Lipinski definition) is 6. The molecule has 0 spiro atoms. The summed E-state index contributed by atoms with van der Waals surface area (Å²) < 4.78 is 8.75. The zero-order valence-corrected chi connectivity index (χ0v) is 37.8. The van der Waals surface area contributed by atoms with Gasteiger partial charge in [0, 0.05) is 35.6 Å². The molecule has 2 aliphatic rings. The molecule has 0 saturated carbocycles. The molecular weight excluding hydrogens is 737 g/mol. The number of allylic oxidation sites excluding steroid dienone is 1. The lowest BCUT2D eigenvalue weighted by Crippen LogP contribution is -2.51. The predicted molar refractivity (Wildman–Crippen MR) is 241 cm³/mol. The molecule has 1 aliphatic carbocycles. The summed E-state index contributed by atoms with van der Waals surface area (Å²) in [5.41, 5.74) is 7.33. The molecule has 2 aromatic carbocycles. The molecule has 3 atom stereocenters. The summed E-state index contributed by atoms with van der Waals surface area (Å²) in [6.07, 6.45) is 9.19. The van der Waals surface area contributed by atoms with Crippen LogP contribution in [0.4, 0.5) is 10.5 Å². The van der Waals surface area contributed by atoms with Crippen molar-refractivity contribution in [1.82, 2.24) is 20.1 Å². The first-order valence-electron chi connectivity index (χ1n) is 21.5. The molecule has 5 rings (SSSR count). The van der Waals surface area contributed by atoms with Gasteiger partial charge in [-0.05, 0) is 103 Å². The van der Waals surface area contributed by atoms with E-state index in [0.717, 1.165) is 67.4 Å². The second-order valence-corrected chi connectivity index (χ2v) is 24.0. The third kappa shape index (κ3) is 10.6. The van der Waals surface area contributed by atoms with Gasteiger partial charge in [-0.15, -0.1) is 0 Å². The second kappa shape index (κ2) is 19.1. The maximum absolute atomic E-state index is 13.6. The van der Waals surface area contributed by atoms with Crippen LogP contribution in [0.3, 0.4) is 0 Å². The van der Waals surface area contributed by atoms with Crippen molar-refractivity contribution in [3.05, 3.63) is 106 Å². The summed E-state index contributed by atoms with van der Waals surface area (Å²) in [5.74, 6) is 1.13. The third-order valence-electron chi connectivity index (χ3n) is 12.5. The number of nitrogens with one attached hydrogen (secondary N) is 6. The number of carbonyl (C=O) groups excluding carboxylic acids is 1. The summed E-state index contributed by atoms with van der Waals surface area (Å²) in [7, 11) is -2.03. The standard InChI is InChI=1S/C47H70N8O2Si/c1-31(2)58(32(3)4,33(5)6)57-30-38-14-13-27-54(38)45(50)55-29-35(20-26-43(55)49)19-21-36-22-25-41(40-16-12-11-15-39(36)40)52-46(56)53-44(28-42(48)47(8,9)10)51-37-23-17-34(7)18-24-37/h11-12,15-18,20,23-24,26,28-29,31-33,36,38,41,48-51H,13-14,19,21-22,25,27,30H2,1-10H3,(H2,52,53,56)/b44-28+,48-42?,49-43?,50-45?/t36-,38+,41+/m1/s1. The highest BCUT2D eigenvalue weighted by atomic mass is 28.4. The van der Waals surface area contributed by atoms with Crippen LogP contribution in [0.5, 0.6) is 0 Å². The molecule has 6 N–H and O–H groups in total. The summed E-state index contributed by atoms with van der Waals surface area (Å²) in [6, 6.07) is 19.9. The van der Waals surface area contributed by atoms with E-state index < -0.39 is 8.32 Å². The number of benzene rings is 2. The molecule has 2 amide bonds. The Hall–Kier alpha value is -4.48. The minimum absolute atomic E-state index is 0.137. The summed E-state index contributed by atoms with van der Waals surface area (Å²) in [5, 5.41) is 36.3. The number of carbonyl (C=O) groups is 1. The van der Waals surface area contributed by atoms with Gasteiger partial charge in [-0.2, -0.15) is 0 Å². The minimum Gasteiger partial charge on any atom is -0.414 e. The van der Waals surface area contributed by atoms with Crippen molar-refractivity contribution in [2.75, 3.05) is 18.5 Å². The average molecular weight is 807 g/mol. The Balaban J connectivity index is 1.24. The molecule has 58 heavy (non-hydrogen) atoms. The maximum Gasteiger partial charge on any atom is 0.320 e. The highest BCUT2D eigenvalue weighted by molar-refractivity contribution is 6.77. The van der Waals surface area contributed by atoms with E-state index in [1.165, 1.54) is 5.56 Å². The Morgan fingerprint density at radius 2 is 1.57 bits per heavy atom. The van der Waals surface area contributed by atoms with Crippen molar-refractivity contribution in [3.8, 4) is 0 Å². The van der Waals surface area contributed by atoms with Gasteiger partial charge in [-0.1, -0.05) is 110 Å². The van der Waals surface area contributed by atoms with Gasteiger partial charge >= 0.3 is 6.03 Å². The number of likely N-dealkylation sites (tertiary alicyclic amines) is 1. The van der Waals surface area contributed by atoms with Gasteiger partial charge in [0.05, 0.1) is 18.7 Å². The Kier molecular flexibility index (Phi) is 14.7. The fourth-order valence-corrected chi connectivity index (χ4v) is 14.8. The van der Waals surface area contributed by atoms with Crippen LogP contribution in [-0.2, 0) is 10.8 Å². The highest BCUT2D eigenvalue weighted by Crippen LogP contribution is 2.43. The first-order chi connectivity index (χ1) is 27.4. The molecule has 1 aliphatic heterocycles. The van der Waals surface area contributed by atoms with Gasteiger partial charge in [0.1, 0.15) is 11.3 Å². The first-order valence-corrected chi connectivity index (χ1v) is 23.6. The van der Waals surface area contributed by atoms with E-state index >= 15 is 0 Å². The van der Waals surface area contributed by atoms with Gasteiger partial charge in [-0.25, -0.2) is 4.79 Å². The van der Waals surface area contributed by atoms with Crippen molar-refractivity contribution in [2.45, 2.75) is 142 Å². The van der Waals surface area contributed by atoms with Crippen LogP contribution in [0.25, 0.3) is 0 Å². The molecule has 10 nitrogen and oxygen atoms in total. The molecule has 11 heteroatoms. The van der Waals surface area contributed by atoms with Crippen molar-refractivity contribution in [1.29, 1.82) is 16.2 Å². The van der Waals surface area contributed by atoms with E-state index in [1.54, 1.807) is 10.6 Å². The Morgan fingerprint density at radius 3 is 2.21 bits per heavy atom. The van der Waals surface area contributed by atoms with E-state index in [-0.39, 0.29) is 23.5 Å². The summed E-state index contributed by atoms with van der Waals surface area (Å²) >= 11 is 0. The molecule has 314 valence electrons. The van der Waals surface area contributed by atoms with E-state index in [4.69, 9.17) is 15.2 Å². The Labute approximate surface area is 348 Å². The fraction of sp³-hybridized carbons (Fsp3) is 0.532. The molecule has 1 saturated heterocycles. The zero-order chi connectivity index (χ0) is 42.4. The highest BCUT2D eigenvalue weighted by Gasteiger charge is 2.46. The topological polar surface area (TPSA) is 142 Å². The van der Waals surface area contributed by atoms with E-state index in [9.17, 15) is 10.2 Å². The number of rotatable bonds is 14. The number of anilines is 1. The molecule has 3 aromatic rings. The normalized spacial score (nSPS) is 18.7. The number of nitrogens with zero attached hydrogens (tertiary/aromatic N) is 2. The number of aryl methyl sites for hydroxylation is 2. The fourth-order valence-electron chi connectivity index (χ4n) is 9.28. The Morgan fingerprint density at radius 1 is 0.914 bits per heavy atom. The lowest BCUT2D eigenvalue weighted by Gasteiger charge is -2.43.